The lowest BCUT2D eigenvalue weighted by atomic mass is 10.1. The summed E-state index contributed by atoms with van der Waals surface area (Å²) in [5.41, 5.74) is 1.95. The largest absolute Gasteiger partial charge is 0.392 e. The first-order valence-corrected chi connectivity index (χ1v) is 4.97. The minimum Gasteiger partial charge on any atom is -0.392 e. The van der Waals surface area contributed by atoms with Crippen molar-refractivity contribution in [1.29, 1.82) is 0 Å². The van der Waals surface area contributed by atoms with E-state index in [-0.39, 0.29) is 6.61 Å². The van der Waals surface area contributed by atoms with Gasteiger partial charge in [-0.05, 0) is 19.4 Å². The molecule has 1 aromatic heterocycles. The van der Waals surface area contributed by atoms with Crippen LogP contribution in [-0.2, 0) is 6.61 Å². The fraction of sp³-hybridized carbons (Fsp3) is 0.545. The lowest BCUT2D eigenvalue weighted by molar-refractivity contribution is 0.281. The first-order chi connectivity index (χ1) is 6.70. The summed E-state index contributed by atoms with van der Waals surface area (Å²) in [6.07, 6.45) is 4.56. The van der Waals surface area contributed by atoms with Gasteiger partial charge in [0.1, 0.15) is 0 Å². The van der Waals surface area contributed by atoms with E-state index < -0.39 is 0 Å². The molecule has 0 radical (unpaired) electrons. The van der Waals surface area contributed by atoms with Crippen LogP contribution in [0.4, 0.5) is 5.69 Å². The van der Waals surface area contributed by atoms with Crippen molar-refractivity contribution in [3.8, 4) is 0 Å². The first kappa shape index (κ1) is 11.0. The Hall–Kier alpha value is -1.09. The van der Waals surface area contributed by atoms with E-state index in [0.717, 1.165) is 17.7 Å². The zero-order valence-corrected chi connectivity index (χ0v) is 9.07. The quantitative estimate of drug-likeness (QED) is 0.794. The fourth-order valence-corrected chi connectivity index (χ4v) is 1.40. The van der Waals surface area contributed by atoms with Crippen LogP contribution in [0, 0.1) is 0 Å². The van der Waals surface area contributed by atoms with Crippen LogP contribution >= 0.6 is 0 Å². The van der Waals surface area contributed by atoms with Gasteiger partial charge in [-0.3, -0.25) is 4.98 Å². The van der Waals surface area contributed by atoms with Crippen molar-refractivity contribution in [3.05, 3.63) is 24.0 Å². The molecular formula is C11H18N2O. The first-order valence-electron chi connectivity index (χ1n) is 4.97. The molecule has 0 aliphatic heterocycles. The molecule has 78 valence electrons. The summed E-state index contributed by atoms with van der Waals surface area (Å²) in [6, 6.07) is 2.42. The predicted molar refractivity (Wildman–Crippen MR) is 58.3 cm³/mol. The van der Waals surface area contributed by atoms with E-state index in [0.29, 0.717) is 6.04 Å². The van der Waals surface area contributed by atoms with E-state index in [1.807, 2.05) is 13.1 Å². The number of aliphatic hydroxyl groups excluding tert-OH is 1. The van der Waals surface area contributed by atoms with Crippen LogP contribution < -0.4 is 4.90 Å². The molecule has 0 saturated heterocycles. The standard InChI is InChI=1S/C11H18N2O/c1-4-9(2)13(3)11-5-6-12-7-10(11)8-14/h5-7,9,14H,4,8H2,1-3H3. The van der Waals surface area contributed by atoms with Crippen molar-refractivity contribution in [2.24, 2.45) is 0 Å². The monoisotopic (exact) mass is 194 g/mol. The van der Waals surface area contributed by atoms with Crippen LogP contribution in [0.2, 0.25) is 0 Å². The third-order valence-electron chi connectivity index (χ3n) is 2.68. The Morgan fingerprint density at radius 2 is 2.29 bits per heavy atom. The average Bonchev–Trinajstić information content (AvgIpc) is 2.26. The number of aromatic nitrogens is 1. The fourth-order valence-electron chi connectivity index (χ4n) is 1.40. The molecule has 14 heavy (non-hydrogen) atoms. The van der Waals surface area contributed by atoms with Gasteiger partial charge < -0.3 is 10.0 Å². The molecule has 0 aliphatic rings. The molecular weight excluding hydrogens is 176 g/mol. The number of anilines is 1. The van der Waals surface area contributed by atoms with Crippen molar-refractivity contribution in [3.63, 3.8) is 0 Å². The molecule has 3 nitrogen and oxygen atoms in total. The maximum Gasteiger partial charge on any atom is 0.0717 e. The molecule has 3 heteroatoms. The SMILES string of the molecule is CCC(C)N(C)c1ccncc1CO. The molecule has 0 amide bonds. The van der Waals surface area contributed by atoms with E-state index in [9.17, 15) is 0 Å². The lowest BCUT2D eigenvalue weighted by Gasteiger charge is -2.27. The number of rotatable bonds is 4. The van der Waals surface area contributed by atoms with Gasteiger partial charge >= 0.3 is 0 Å². The van der Waals surface area contributed by atoms with Gasteiger partial charge in [0, 0.05) is 36.7 Å². The summed E-state index contributed by atoms with van der Waals surface area (Å²) >= 11 is 0. The van der Waals surface area contributed by atoms with E-state index in [2.05, 4.69) is 23.7 Å². The normalized spacial score (nSPS) is 12.6. The molecule has 1 rings (SSSR count). The number of nitrogens with zero attached hydrogens (tertiary/aromatic N) is 2. The minimum absolute atomic E-state index is 0.0456. The lowest BCUT2D eigenvalue weighted by Crippen LogP contribution is -2.28. The predicted octanol–water partition coefficient (Wildman–Crippen LogP) is 1.81. The van der Waals surface area contributed by atoms with Crippen molar-refractivity contribution in [2.45, 2.75) is 32.9 Å². The van der Waals surface area contributed by atoms with Crippen LogP contribution in [0.25, 0.3) is 0 Å². The van der Waals surface area contributed by atoms with Crippen molar-refractivity contribution >= 4 is 5.69 Å². The number of hydrogen-bond donors (Lipinski definition) is 1. The molecule has 0 fully saturated rings. The van der Waals surface area contributed by atoms with Gasteiger partial charge in [-0.2, -0.15) is 0 Å². The highest BCUT2D eigenvalue weighted by atomic mass is 16.3. The maximum absolute atomic E-state index is 9.16. The van der Waals surface area contributed by atoms with Crippen LogP contribution in [0.5, 0.6) is 0 Å². The van der Waals surface area contributed by atoms with E-state index >= 15 is 0 Å². The highest BCUT2D eigenvalue weighted by molar-refractivity contribution is 5.51. The Labute approximate surface area is 85.4 Å². The van der Waals surface area contributed by atoms with Crippen molar-refractivity contribution in [2.75, 3.05) is 11.9 Å². The van der Waals surface area contributed by atoms with Gasteiger partial charge in [-0.25, -0.2) is 0 Å². The van der Waals surface area contributed by atoms with Gasteiger partial charge in [0.25, 0.3) is 0 Å². The molecule has 1 N–H and O–H groups in total. The average molecular weight is 194 g/mol. The summed E-state index contributed by atoms with van der Waals surface area (Å²) in [5, 5.41) is 9.16. The van der Waals surface area contributed by atoms with Crippen molar-refractivity contribution in [1.82, 2.24) is 4.98 Å². The molecule has 0 spiro atoms. The Kier molecular flexibility index (Phi) is 3.89. The number of aliphatic hydroxyl groups is 1. The zero-order valence-electron chi connectivity index (χ0n) is 9.07. The maximum atomic E-state index is 9.16. The summed E-state index contributed by atoms with van der Waals surface area (Å²) in [6.45, 7) is 4.37. The van der Waals surface area contributed by atoms with Gasteiger partial charge in [-0.15, -0.1) is 0 Å². The smallest absolute Gasteiger partial charge is 0.0717 e. The molecule has 0 saturated carbocycles. The summed E-state index contributed by atoms with van der Waals surface area (Å²) in [5.74, 6) is 0. The summed E-state index contributed by atoms with van der Waals surface area (Å²) in [7, 11) is 2.04. The van der Waals surface area contributed by atoms with E-state index in [1.165, 1.54) is 0 Å². The minimum atomic E-state index is 0.0456. The third-order valence-corrected chi connectivity index (χ3v) is 2.68. The number of pyridine rings is 1. The Balaban J connectivity index is 2.93. The van der Waals surface area contributed by atoms with Crippen LogP contribution in [-0.4, -0.2) is 23.2 Å². The molecule has 1 heterocycles. The van der Waals surface area contributed by atoms with Gasteiger partial charge in [0.05, 0.1) is 6.61 Å². The zero-order chi connectivity index (χ0) is 10.6. The van der Waals surface area contributed by atoms with Crippen molar-refractivity contribution < 1.29 is 5.11 Å². The highest BCUT2D eigenvalue weighted by Crippen LogP contribution is 2.20. The second-order valence-corrected chi connectivity index (χ2v) is 3.53. The Morgan fingerprint density at radius 1 is 1.57 bits per heavy atom. The molecule has 0 aromatic carbocycles. The molecule has 1 atom stereocenters. The highest BCUT2D eigenvalue weighted by Gasteiger charge is 2.11. The van der Waals surface area contributed by atoms with Gasteiger partial charge in [0.2, 0.25) is 0 Å². The van der Waals surface area contributed by atoms with Crippen LogP contribution in [0.3, 0.4) is 0 Å². The third kappa shape index (κ3) is 2.23. The summed E-state index contributed by atoms with van der Waals surface area (Å²) in [4.78, 5) is 6.17. The molecule has 0 bridgehead atoms. The second-order valence-electron chi connectivity index (χ2n) is 3.53. The van der Waals surface area contributed by atoms with E-state index in [1.54, 1.807) is 12.4 Å². The Bertz CT molecular complexity index is 288. The Morgan fingerprint density at radius 3 is 2.86 bits per heavy atom. The molecule has 1 unspecified atom stereocenters. The van der Waals surface area contributed by atoms with Gasteiger partial charge in [0.15, 0.2) is 0 Å². The van der Waals surface area contributed by atoms with Gasteiger partial charge in [-0.1, -0.05) is 6.92 Å². The second kappa shape index (κ2) is 4.96. The van der Waals surface area contributed by atoms with Crippen LogP contribution in [0.1, 0.15) is 25.8 Å². The molecule has 1 aromatic rings. The number of hydrogen-bond acceptors (Lipinski definition) is 3. The summed E-state index contributed by atoms with van der Waals surface area (Å²) < 4.78 is 0. The van der Waals surface area contributed by atoms with Crippen LogP contribution in [0.15, 0.2) is 18.5 Å². The topological polar surface area (TPSA) is 36.4 Å². The van der Waals surface area contributed by atoms with E-state index in [4.69, 9.17) is 5.11 Å². The molecule has 0 aliphatic carbocycles.